The van der Waals surface area contributed by atoms with Crippen LogP contribution >= 0.6 is 0 Å². The van der Waals surface area contributed by atoms with Crippen molar-refractivity contribution in [2.24, 2.45) is 7.05 Å². The Morgan fingerprint density at radius 1 is 1.29 bits per heavy atom. The highest BCUT2D eigenvalue weighted by molar-refractivity contribution is 5.72. The molecular weight excluding hydrogens is 266 g/mol. The van der Waals surface area contributed by atoms with Gasteiger partial charge in [-0.25, -0.2) is 9.67 Å². The van der Waals surface area contributed by atoms with Gasteiger partial charge >= 0.3 is 0 Å². The molecule has 6 nitrogen and oxygen atoms in total. The third-order valence-electron chi connectivity index (χ3n) is 4.44. The molecule has 1 fully saturated rings. The number of hydrogen-bond donors (Lipinski definition) is 1. The first-order valence-corrected chi connectivity index (χ1v) is 7.53. The van der Waals surface area contributed by atoms with Crippen LogP contribution in [0.4, 0.5) is 0 Å². The number of nitrogens with one attached hydrogen (secondary N) is 1. The van der Waals surface area contributed by atoms with Crippen molar-refractivity contribution >= 4 is 11.0 Å². The van der Waals surface area contributed by atoms with Gasteiger partial charge in [0, 0.05) is 18.5 Å². The van der Waals surface area contributed by atoms with E-state index in [4.69, 9.17) is 0 Å². The van der Waals surface area contributed by atoms with Gasteiger partial charge in [0.1, 0.15) is 5.82 Å². The maximum atomic E-state index is 12.0. The molecule has 0 aliphatic carbocycles. The lowest BCUT2D eigenvalue weighted by atomic mass is 9.92. The number of likely N-dealkylation sites (tertiary alicyclic amines) is 1. The summed E-state index contributed by atoms with van der Waals surface area (Å²) in [5.41, 5.74) is 1.33. The number of aryl methyl sites for hydroxylation is 1. The second kappa shape index (κ2) is 4.94. The van der Waals surface area contributed by atoms with Crippen molar-refractivity contribution in [1.29, 1.82) is 0 Å². The molecule has 1 aliphatic rings. The molecule has 0 spiro atoms. The summed E-state index contributed by atoms with van der Waals surface area (Å²) < 4.78 is 1.33. The Morgan fingerprint density at radius 3 is 2.57 bits per heavy atom. The highest BCUT2D eigenvalue weighted by Crippen LogP contribution is 2.30. The van der Waals surface area contributed by atoms with Crippen molar-refractivity contribution in [2.45, 2.75) is 45.1 Å². The first-order valence-electron chi connectivity index (χ1n) is 7.53. The third kappa shape index (κ3) is 2.60. The second-order valence-corrected chi connectivity index (χ2v) is 6.89. The van der Waals surface area contributed by atoms with Gasteiger partial charge in [0.15, 0.2) is 5.52 Å². The zero-order chi connectivity index (χ0) is 15.2. The van der Waals surface area contributed by atoms with Gasteiger partial charge < -0.3 is 4.98 Å². The SMILES string of the molecule is Cn1ncc2[nH]c(C3CCN(C(C)(C)C)CC3)nc2c1=O. The van der Waals surface area contributed by atoms with Crippen molar-refractivity contribution in [2.75, 3.05) is 13.1 Å². The lowest BCUT2D eigenvalue weighted by Gasteiger charge is -2.40. The molecule has 3 heterocycles. The van der Waals surface area contributed by atoms with Gasteiger partial charge in [0.25, 0.3) is 5.56 Å². The van der Waals surface area contributed by atoms with Gasteiger partial charge in [-0.05, 0) is 46.7 Å². The fourth-order valence-corrected chi connectivity index (χ4v) is 3.03. The van der Waals surface area contributed by atoms with Gasteiger partial charge in [0.05, 0.1) is 11.7 Å². The minimum absolute atomic E-state index is 0.137. The van der Waals surface area contributed by atoms with Crippen molar-refractivity contribution in [3.05, 3.63) is 22.4 Å². The molecule has 1 saturated heterocycles. The van der Waals surface area contributed by atoms with Gasteiger partial charge in [-0.15, -0.1) is 0 Å². The molecule has 1 N–H and O–H groups in total. The zero-order valence-corrected chi connectivity index (χ0v) is 13.2. The van der Waals surface area contributed by atoms with E-state index in [1.54, 1.807) is 13.2 Å². The number of piperidine rings is 1. The van der Waals surface area contributed by atoms with E-state index in [0.29, 0.717) is 11.4 Å². The van der Waals surface area contributed by atoms with Crippen LogP contribution in [0.5, 0.6) is 0 Å². The van der Waals surface area contributed by atoms with E-state index in [1.807, 2.05) is 0 Å². The maximum Gasteiger partial charge on any atom is 0.294 e. The summed E-state index contributed by atoms with van der Waals surface area (Å²) in [5.74, 6) is 1.34. The van der Waals surface area contributed by atoms with Crippen molar-refractivity contribution < 1.29 is 0 Å². The predicted octanol–water partition coefficient (Wildman–Crippen LogP) is 1.63. The quantitative estimate of drug-likeness (QED) is 0.866. The van der Waals surface area contributed by atoms with E-state index in [2.05, 4.69) is 40.7 Å². The molecule has 3 rings (SSSR count). The highest BCUT2D eigenvalue weighted by atomic mass is 16.1. The van der Waals surface area contributed by atoms with Crippen LogP contribution in [-0.2, 0) is 7.05 Å². The third-order valence-corrected chi connectivity index (χ3v) is 4.44. The highest BCUT2D eigenvalue weighted by Gasteiger charge is 2.29. The molecule has 2 aromatic heterocycles. The minimum atomic E-state index is -0.137. The molecule has 0 bridgehead atoms. The molecule has 2 aromatic rings. The van der Waals surface area contributed by atoms with E-state index in [-0.39, 0.29) is 11.1 Å². The number of aromatic amines is 1. The molecule has 0 amide bonds. The molecule has 0 unspecified atom stereocenters. The number of H-pyrrole nitrogens is 1. The van der Waals surface area contributed by atoms with E-state index in [0.717, 1.165) is 37.3 Å². The molecule has 0 radical (unpaired) electrons. The second-order valence-electron chi connectivity index (χ2n) is 6.89. The number of aromatic nitrogens is 4. The number of hydrogen-bond acceptors (Lipinski definition) is 4. The lowest BCUT2D eigenvalue weighted by Crippen LogP contribution is -2.45. The molecule has 0 aromatic carbocycles. The Hall–Kier alpha value is -1.69. The zero-order valence-electron chi connectivity index (χ0n) is 13.2. The Bertz CT molecular complexity index is 701. The standard InChI is InChI=1S/C15H23N5O/c1-15(2,3)20-7-5-10(6-8-20)13-17-11-9-16-19(4)14(21)12(11)18-13/h9-10H,5-8H2,1-4H3,(H,17,18). The number of rotatable bonds is 1. The Labute approximate surface area is 124 Å². The summed E-state index contributed by atoms with van der Waals surface area (Å²) in [5, 5.41) is 4.03. The molecule has 0 atom stereocenters. The summed E-state index contributed by atoms with van der Waals surface area (Å²) in [6.07, 6.45) is 3.83. The minimum Gasteiger partial charge on any atom is -0.340 e. The molecular formula is C15H23N5O. The largest absolute Gasteiger partial charge is 0.340 e. The first-order chi connectivity index (χ1) is 9.86. The van der Waals surface area contributed by atoms with Crippen molar-refractivity contribution in [1.82, 2.24) is 24.6 Å². The van der Waals surface area contributed by atoms with Crippen LogP contribution in [0.1, 0.15) is 45.4 Å². The van der Waals surface area contributed by atoms with Gasteiger partial charge in [0.2, 0.25) is 0 Å². The summed E-state index contributed by atoms with van der Waals surface area (Å²) >= 11 is 0. The normalized spacial score (nSPS) is 18.5. The van der Waals surface area contributed by atoms with Gasteiger partial charge in [-0.1, -0.05) is 0 Å². The lowest BCUT2D eigenvalue weighted by molar-refractivity contribution is 0.101. The van der Waals surface area contributed by atoms with Crippen molar-refractivity contribution in [3.63, 3.8) is 0 Å². The van der Waals surface area contributed by atoms with Crippen LogP contribution in [0.15, 0.2) is 11.0 Å². The van der Waals surface area contributed by atoms with E-state index < -0.39 is 0 Å². The Morgan fingerprint density at radius 2 is 1.95 bits per heavy atom. The van der Waals surface area contributed by atoms with Gasteiger partial charge in [-0.3, -0.25) is 9.69 Å². The molecule has 0 saturated carbocycles. The van der Waals surface area contributed by atoms with E-state index >= 15 is 0 Å². The molecule has 21 heavy (non-hydrogen) atoms. The Kier molecular flexibility index (Phi) is 3.36. The molecule has 6 heteroatoms. The van der Waals surface area contributed by atoms with Crippen LogP contribution in [0.2, 0.25) is 0 Å². The van der Waals surface area contributed by atoms with Crippen LogP contribution in [0.3, 0.4) is 0 Å². The molecule has 114 valence electrons. The van der Waals surface area contributed by atoms with E-state index in [1.165, 1.54) is 4.68 Å². The van der Waals surface area contributed by atoms with Crippen LogP contribution in [-0.4, -0.2) is 43.3 Å². The number of nitrogens with zero attached hydrogens (tertiary/aromatic N) is 4. The van der Waals surface area contributed by atoms with Crippen LogP contribution < -0.4 is 5.56 Å². The van der Waals surface area contributed by atoms with Gasteiger partial charge in [-0.2, -0.15) is 5.10 Å². The Balaban J connectivity index is 1.83. The summed E-state index contributed by atoms with van der Waals surface area (Å²) in [6, 6.07) is 0. The van der Waals surface area contributed by atoms with E-state index in [9.17, 15) is 4.79 Å². The topological polar surface area (TPSA) is 66.8 Å². The summed E-state index contributed by atoms with van der Waals surface area (Å²) in [6.45, 7) is 8.90. The maximum absolute atomic E-state index is 12.0. The monoisotopic (exact) mass is 289 g/mol. The average molecular weight is 289 g/mol. The van der Waals surface area contributed by atoms with Crippen molar-refractivity contribution in [3.8, 4) is 0 Å². The smallest absolute Gasteiger partial charge is 0.294 e. The molecule has 1 aliphatic heterocycles. The fourth-order valence-electron chi connectivity index (χ4n) is 3.03. The van der Waals surface area contributed by atoms with Crippen LogP contribution in [0, 0.1) is 0 Å². The fraction of sp³-hybridized carbons (Fsp3) is 0.667. The van der Waals surface area contributed by atoms with Crippen LogP contribution in [0.25, 0.3) is 11.0 Å². The number of imidazole rings is 1. The number of fused-ring (bicyclic) bond motifs is 1. The summed E-state index contributed by atoms with van der Waals surface area (Å²) in [7, 11) is 1.65. The summed E-state index contributed by atoms with van der Waals surface area (Å²) in [4.78, 5) is 22.3. The first kappa shape index (κ1) is 14.3. The predicted molar refractivity (Wildman–Crippen MR) is 82.4 cm³/mol. The average Bonchev–Trinajstić information content (AvgIpc) is 2.87.